The van der Waals surface area contributed by atoms with E-state index in [2.05, 4.69) is 5.32 Å². The Bertz CT molecular complexity index is 584. The van der Waals surface area contributed by atoms with Gasteiger partial charge in [0.15, 0.2) is 6.61 Å². The van der Waals surface area contributed by atoms with Gasteiger partial charge in [-0.3, -0.25) is 4.79 Å². The number of carbonyl (C=O) groups excluding carboxylic acids is 1. The Morgan fingerprint density at radius 2 is 1.90 bits per heavy atom. The molecule has 20 heavy (non-hydrogen) atoms. The van der Waals surface area contributed by atoms with Crippen LogP contribution in [-0.2, 0) is 4.79 Å². The highest BCUT2D eigenvalue weighted by Gasteiger charge is 2.07. The van der Waals surface area contributed by atoms with Crippen LogP contribution in [0, 0.1) is 0 Å². The zero-order valence-corrected chi connectivity index (χ0v) is 12.0. The van der Waals surface area contributed by atoms with Crippen molar-refractivity contribution < 1.29 is 9.53 Å². The smallest absolute Gasteiger partial charge is 0.257 e. The summed E-state index contributed by atoms with van der Waals surface area (Å²) in [5.41, 5.74) is 2.10. The summed E-state index contributed by atoms with van der Waals surface area (Å²) in [5, 5.41) is 3.16. The first-order valence-electron chi connectivity index (χ1n) is 6.45. The van der Waals surface area contributed by atoms with Crippen LogP contribution in [0.4, 0.5) is 0 Å². The number of benzene rings is 2. The van der Waals surface area contributed by atoms with Gasteiger partial charge in [0.25, 0.3) is 5.91 Å². The van der Waals surface area contributed by atoms with Crippen LogP contribution in [0.3, 0.4) is 0 Å². The van der Waals surface area contributed by atoms with Crippen LogP contribution in [0.15, 0.2) is 48.5 Å². The molecule has 0 aromatic heterocycles. The predicted octanol–water partition coefficient (Wildman–Crippen LogP) is 3.52. The number of rotatable bonds is 5. The molecule has 0 radical (unpaired) electrons. The molecule has 4 heteroatoms. The molecule has 0 fully saturated rings. The van der Waals surface area contributed by atoms with E-state index in [4.69, 9.17) is 16.3 Å². The lowest BCUT2D eigenvalue weighted by atomic mass is 10.1. The Balaban J connectivity index is 2.08. The van der Waals surface area contributed by atoms with Crippen molar-refractivity contribution in [2.45, 2.75) is 6.92 Å². The SMILES string of the molecule is CCNC(=O)COc1ccc(-c2ccccc2)cc1Cl. The molecule has 0 unspecified atom stereocenters. The third kappa shape index (κ3) is 3.75. The van der Waals surface area contributed by atoms with Crippen molar-refractivity contribution in [2.75, 3.05) is 13.2 Å². The van der Waals surface area contributed by atoms with Crippen LogP contribution in [0.1, 0.15) is 6.92 Å². The average molecular weight is 290 g/mol. The van der Waals surface area contributed by atoms with Gasteiger partial charge in [0.1, 0.15) is 5.75 Å². The largest absolute Gasteiger partial charge is 0.482 e. The first-order chi connectivity index (χ1) is 9.70. The van der Waals surface area contributed by atoms with Crippen LogP contribution in [0.2, 0.25) is 5.02 Å². The fraction of sp³-hybridized carbons (Fsp3) is 0.188. The highest BCUT2D eigenvalue weighted by Crippen LogP contribution is 2.30. The fourth-order valence-corrected chi connectivity index (χ4v) is 2.05. The zero-order valence-electron chi connectivity index (χ0n) is 11.2. The maximum Gasteiger partial charge on any atom is 0.257 e. The Labute approximate surface area is 123 Å². The minimum absolute atomic E-state index is 0.0295. The molecule has 1 N–H and O–H groups in total. The number of ether oxygens (including phenoxy) is 1. The average Bonchev–Trinajstić information content (AvgIpc) is 2.47. The molecule has 0 spiro atoms. The third-order valence-corrected chi connectivity index (χ3v) is 3.07. The molecule has 0 aliphatic heterocycles. The number of likely N-dealkylation sites (N-methyl/N-ethyl adjacent to an activating group) is 1. The molecule has 0 saturated heterocycles. The van der Waals surface area contributed by atoms with Gasteiger partial charge in [-0.1, -0.05) is 48.0 Å². The van der Waals surface area contributed by atoms with Gasteiger partial charge in [0, 0.05) is 6.54 Å². The van der Waals surface area contributed by atoms with Gasteiger partial charge in [0.2, 0.25) is 0 Å². The maximum atomic E-state index is 11.3. The molecule has 104 valence electrons. The van der Waals surface area contributed by atoms with Crippen molar-refractivity contribution >= 4 is 17.5 Å². The summed E-state index contributed by atoms with van der Waals surface area (Å²) in [6, 6.07) is 15.5. The maximum absolute atomic E-state index is 11.3. The lowest BCUT2D eigenvalue weighted by Gasteiger charge is -2.09. The number of halogens is 1. The number of nitrogens with one attached hydrogen (secondary N) is 1. The van der Waals surface area contributed by atoms with E-state index in [9.17, 15) is 4.79 Å². The van der Waals surface area contributed by atoms with Crippen molar-refractivity contribution in [3.05, 3.63) is 53.6 Å². The minimum Gasteiger partial charge on any atom is -0.482 e. The quantitative estimate of drug-likeness (QED) is 0.914. The molecule has 0 aliphatic carbocycles. The van der Waals surface area contributed by atoms with E-state index in [0.717, 1.165) is 11.1 Å². The molecule has 2 aromatic rings. The standard InChI is InChI=1S/C16H16ClNO2/c1-2-18-16(19)11-20-15-9-8-13(10-14(15)17)12-6-4-3-5-7-12/h3-10H,2,11H2,1H3,(H,18,19). The Morgan fingerprint density at radius 1 is 1.15 bits per heavy atom. The minimum atomic E-state index is -0.157. The Hall–Kier alpha value is -2.00. The van der Waals surface area contributed by atoms with Gasteiger partial charge >= 0.3 is 0 Å². The topological polar surface area (TPSA) is 38.3 Å². The van der Waals surface area contributed by atoms with Crippen molar-refractivity contribution in [3.8, 4) is 16.9 Å². The predicted molar refractivity (Wildman–Crippen MR) is 81.1 cm³/mol. The van der Waals surface area contributed by atoms with Crippen molar-refractivity contribution in [1.82, 2.24) is 5.32 Å². The second-order valence-corrected chi connectivity index (χ2v) is 4.66. The first-order valence-corrected chi connectivity index (χ1v) is 6.83. The van der Waals surface area contributed by atoms with E-state index in [1.54, 1.807) is 6.07 Å². The molecule has 0 saturated carbocycles. The van der Waals surface area contributed by atoms with Crippen LogP contribution in [0.5, 0.6) is 5.75 Å². The number of hydrogen-bond acceptors (Lipinski definition) is 2. The first kappa shape index (κ1) is 14.4. The monoisotopic (exact) mass is 289 g/mol. The Morgan fingerprint density at radius 3 is 2.55 bits per heavy atom. The molecule has 0 aliphatic rings. The highest BCUT2D eigenvalue weighted by atomic mass is 35.5. The van der Waals surface area contributed by atoms with Gasteiger partial charge < -0.3 is 10.1 Å². The third-order valence-electron chi connectivity index (χ3n) is 2.77. The number of hydrogen-bond donors (Lipinski definition) is 1. The lowest BCUT2D eigenvalue weighted by Crippen LogP contribution is -2.28. The number of carbonyl (C=O) groups is 1. The van der Waals surface area contributed by atoms with Gasteiger partial charge in [-0.2, -0.15) is 0 Å². The summed E-state index contributed by atoms with van der Waals surface area (Å²) >= 11 is 6.18. The summed E-state index contributed by atoms with van der Waals surface area (Å²) in [6.07, 6.45) is 0. The van der Waals surface area contributed by atoms with Gasteiger partial charge in [-0.15, -0.1) is 0 Å². The van der Waals surface area contributed by atoms with Crippen LogP contribution in [-0.4, -0.2) is 19.1 Å². The second-order valence-electron chi connectivity index (χ2n) is 4.25. The van der Waals surface area contributed by atoms with Crippen LogP contribution < -0.4 is 10.1 Å². The molecular formula is C16H16ClNO2. The summed E-state index contributed by atoms with van der Waals surface area (Å²) < 4.78 is 5.40. The van der Waals surface area contributed by atoms with Gasteiger partial charge in [0.05, 0.1) is 5.02 Å². The Kier molecular flexibility index (Phi) is 5.02. The summed E-state index contributed by atoms with van der Waals surface area (Å²) in [6.45, 7) is 2.42. The van der Waals surface area contributed by atoms with E-state index in [-0.39, 0.29) is 12.5 Å². The van der Waals surface area contributed by atoms with E-state index in [0.29, 0.717) is 17.3 Å². The summed E-state index contributed by atoms with van der Waals surface area (Å²) in [7, 11) is 0. The van der Waals surface area contributed by atoms with Gasteiger partial charge in [-0.05, 0) is 30.2 Å². The molecule has 2 rings (SSSR count). The molecule has 3 nitrogen and oxygen atoms in total. The van der Waals surface area contributed by atoms with Gasteiger partial charge in [-0.25, -0.2) is 0 Å². The fourth-order valence-electron chi connectivity index (χ4n) is 1.82. The molecule has 0 heterocycles. The van der Waals surface area contributed by atoms with E-state index in [1.165, 1.54) is 0 Å². The van der Waals surface area contributed by atoms with E-state index in [1.807, 2.05) is 49.4 Å². The molecule has 0 atom stereocenters. The van der Waals surface area contributed by atoms with Crippen LogP contribution >= 0.6 is 11.6 Å². The second kappa shape index (κ2) is 6.96. The summed E-state index contributed by atoms with van der Waals surface area (Å²) in [4.78, 5) is 11.3. The zero-order chi connectivity index (χ0) is 14.4. The normalized spacial score (nSPS) is 10.1. The van der Waals surface area contributed by atoms with Crippen molar-refractivity contribution in [3.63, 3.8) is 0 Å². The van der Waals surface area contributed by atoms with E-state index >= 15 is 0 Å². The number of amides is 1. The molecule has 2 aromatic carbocycles. The van der Waals surface area contributed by atoms with E-state index < -0.39 is 0 Å². The lowest BCUT2D eigenvalue weighted by molar-refractivity contribution is -0.122. The highest BCUT2D eigenvalue weighted by molar-refractivity contribution is 6.32. The molecule has 0 bridgehead atoms. The summed E-state index contributed by atoms with van der Waals surface area (Å²) in [5.74, 6) is 0.355. The molecular weight excluding hydrogens is 274 g/mol. The molecule has 1 amide bonds. The van der Waals surface area contributed by atoms with Crippen molar-refractivity contribution in [2.24, 2.45) is 0 Å². The van der Waals surface area contributed by atoms with Crippen molar-refractivity contribution in [1.29, 1.82) is 0 Å². The van der Waals surface area contributed by atoms with Crippen LogP contribution in [0.25, 0.3) is 11.1 Å².